The Kier molecular flexibility index (Phi) is 4.00. The van der Waals surface area contributed by atoms with Crippen LogP contribution in [0.3, 0.4) is 0 Å². The van der Waals surface area contributed by atoms with Gasteiger partial charge in [-0.3, -0.25) is 14.9 Å². The molecule has 0 atom stereocenters. The number of amides is 1. The predicted molar refractivity (Wildman–Crippen MR) is 77.2 cm³/mol. The maximum Gasteiger partial charge on any atom is 0.282 e. The maximum atomic E-state index is 12.1. The molecular formula is C14H11ClN2O3. The third kappa shape index (κ3) is 2.95. The number of nitro groups is 1. The van der Waals surface area contributed by atoms with Crippen molar-refractivity contribution in [2.24, 2.45) is 0 Å². The second-order valence-corrected chi connectivity index (χ2v) is 4.62. The number of aryl methyl sites for hydroxylation is 1. The third-order valence-electron chi connectivity index (χ3n) is 2.72. The van der Waals surface area contributed by atoms with Crippen LogP contribution in [0, 0.1) is 17.0 Å². The Morgan fingerprint density at radius 1 is 1.25 bits per heavy atom. The summed E-state index contributed by atoms with van der Waals surface area (Å²) in [5.74, 6) is -0.567. The van der Waals surface area contributed by atoms with Crippen molar-refractivity contribution in [2.75, 3.05) is 5.32 Å². The van der Waals surface area contributed by atoms with Crippen molar-refractivity contribution < 1.29 is 9.72 Å². The summed E-state index contributed by atoms with van der Waals surface area (Å²) in [6.45, 7) is 1.87. The van der Waals surface area contributed by atoms with Gasteiger partial charge in [0.15, 0.2) is 0 Å². The van der Waals surface area contributed by atoms with Crippen LogP contribution < -0.4 is 5.32 Å². The number of halogens is 1. The largest absolute Gasteiger partial charge is 0.320 e. The number of rotatable bonds is 3. The third-order valence-corrected chi connectivity index (χ3v) is 3.03. The molecule has 0 fully saturated rings. The highest BCUT2D eigenvalue weighted by molar-refractivity contribution is 6.34. The van der Waals surface area contributed by atoms with E-state index < -0.39 is 10.8 Å². The SMILES string of the molecule is Cc1ccc(NC(=O)c2ccccc2[N+](=O)[O-])c(Cl)c1. The van der Waals surface area contributed by atoms with Crippen LogP contribution in [0.15, 0.2) is 42.5 Å². The topological polar surface area (TPSA) is 72.2 Å². The Labute approximate surface area is 120 Å². The molecule has 2 aromatic rings. The summed E-state index contributed by atoms with van der Waals surface area (Å²) >= 11 is 6.01. The average Bonchev–Trinajstić information content (AvgIpc) is 2.41. The molecule has 2 aromatic carbocycles. The van der Waals surface area contributed by atoms with Crippen LogP contribution in [0.25, 0.3) is 0 Å². The summed E-state index contributed by atoms with van der Waals surface area (Å²) in [5.41, 5.74) is 1.13. The first-order chi connectivity index (χ1) is 9.49. The average molecular weight is 291 g/mol. The Morgan fingerprint density at radius 3 is 2.60 bits per heavy atom. The molecule has 0 radical (unpaired) electrons. The molecule has 2 rings (SSSR count). The molecule has 1 N–H and O–H groups in total. The standard InChI is InChI=1S/C14H11ClN2O3/c1-9-6-7-12(11(15)8-9)16-14(18)10-4-2-3-5-13(10)17(19)20/h2-8H,1H3,(H,16,18). The minimum absolute atomic E-state index is 0.00542. The molecule has 0 unspecified atom stereocenters. The number of carbonyl (C=O) groups is 1. The van der Waals surface area contributed by atoms with Crippen LogP contribution in [0.2, 0.25) is 5.02 Å². The summed E-state index contributed by atoms with van der Waals surface area (Å²) in [7, 11) is 0. The highest BCUT2D eigenvalue weighted by Crippen LogP contribution is 2.25. The minimum Gasteiger partial charge on any atom is -0.320 e. The monoisotopic (exact) mass is 290 g/mol. The molecule has 0 aliphatic heterocycles. The van der Waals surface area contributed by atoms with Crippen LogP contribution in [-0.2, 0) is 0 Å². The lowest BCUT2D eigenvalue weighted by Gasteiger charge is -2.08. The first-order valence-corrected chi connectivity index (χ1v) is 6.18. The zero-order valence-corrected chi connectivity index (χ0v) is 11.3. The summed E-state index contributed by atoms with van der Waals surface area (Å²) < 4.78 is 0. The van der Waals surface area contributed by atoms with Crippen molar-refractivity contribution in [1.29, 1.82) is 0 Å². The molecule has 0 aliphatic rings. The van der Waals surface area contributed by atoms with Gasteiger partial charge >= 0.3 is 0 Å². The number of nitrogens with zero attached hydrogens (tertiary/aromatic N) is 1. The molecule has 102 valence electrons. The minimum atomic E-state index is -0.592. The number of nitrogens with one attached hydrogen (secondary N) is 1. The predicted octanol–water partition coefficient (Wildman–Crippen LogP) is 3.81. The van der Waals surface area contributed by atoms with Crippen LogP contribution in [0.1, 0.15) is 15.9 Å². The highest BCUT2D eigenvalue weighted by Gasteiger charge is 2.19. The van der Waals surface area contributed by atoms with Gasteiger partial charge in [-0.1, -0.05) is 29.8 Å². The summed E-state index contributed by atoms with van der Waals surface area (Å²) in [4.78, 5) is 22.4. The Morgan fingerprint density at radius 2 is 1.95 bits per heavy atom. The summed E-state index contributed by atoms with van der Waals surface area (Å²) in [6, 6.07) is 10.9. The molecule has 1 amide bonds. The smallest absolute Gasteiger partial charge is 0.282 e. The lowest BCUT2D eigenvalue weighted by Crippen LogP contribution is -2.14. The van der Waals surface area contributed by atoms with Gasteiger partial charge in [-0.25, -0.2) is 0 Å². The first kappa shape index (κ1) is 14.0. The fourth-order valence-electron chi connectivity index (χ4n) is 1.74. The zero-order chi connectivity index (χ0) is 14.7. The number of hydrogen-bond donors (Lipinski definition) is 1. The molecule has 5 nitrogen and oxygen atoms in total. The molecule has 0 spiro atoms. The van der Waals surface area contributed by atoms with Gasteiger partial charge in [0, 0.05) is 6.07 Å². The van der Waals surface area contributed by atoms with Gasteiger partial charge in [-0.2, -0.15) is 0 Å². The van der Waals surface area contributed by atoms with Crippen LogP contribution in [0.5, 0.6) is 0 Å². The molecule has 6 heteroatoms. The van der Waals surface area contributed by atoms with E-state index in [9.17, 15) is 14.9 Å². The van der Waals surface area contributed by atoms with E-state index >= 15 is 0 Å². The van der Waals surface area contributed by atoms with Crippen molar-refractivity contribution in [3.63, 3.8) is 0 Å². The van der Waals surface area contributed by atoms with Crippen molar-refractivity contribution in [3.05, 3.63) is 68.7 Å². The van der Waals surface area contributed by atoms with E-state index in [2.05, 4.69) is 5.32 Å². The van der Waals surface area contributed by atoms with Crippen LogP contribution in [-0.4, -0.2) is 10.8 Å². The van der Waals surface area contributed by atoms with Crippen LogP contribution >= 0.6 is 11.6 Å². The van der Waals surface area contributed by atoms with E-state index in [1.807, 2.05) is 6.92 Å². The molecule has 0 aromatic heterocycles. The van der Waals surface area contributed by atoms with E-state index in [0.29, 0.717) is 10.7 Å². The van der Waals surface area contributed by atoms with Crippen molar-refractivity contribution in [1.82, 2.24) is 0 Å². The molecule has 0 bridgehead atoms. The lowest BCUT2D eigenvalue weighted by molar-refractivity contribution is -0.385. The van der Waals surface area contributed by atoms with E-state index in [-0.39, 0.29) is 11.3 Å². The van der Waals surface area contributed by atoms with Gasteiger partial charge in [-0.15, -0.1) is 0 Å². The number of nitro benzene ring substituents is 1. The summed E-state index contributed by atoms with van der Waals surface area (Å²) in [5, 5.41) is 13.8. The fourth-order valence-corrected chi connectivity index (χ4v) is 2.02. The van der Waals surface area contributed by atoms with E-state index in [0.717, 1.165) is 5.56 Å². The van der Waals surface area contributed by atoms with Crippen molar-refractivity contribution in [2.45, 2.75) is 6.92 Å². The molecule has 0 saturated carbocycles. The maximum absolute atomic E-state index is 12.1. The second-order valence-electron chi connectivity index (χ2n) is 4.21. The Bertz CT molecular complexity index is 686. The number of para-hydroxylation sites is 1. The van der Waals surface area contributed by atoms with Gasteiger partial charge in [0.1, 0.15) is 5.56 Å². The van der Waals surface area contributed by atoms with Gasteiger partial charge in [0.2, 0.25) is 0 Å². The number of carbonyl (C=O) groups excluding carboxylic acids is 1. The summed E-state index contributed by atoms with van der Waals surface area (Å²) in [6.07, 6.45) is 0. The lowest BCUT2D eigenvalue weighted by atomic mass is 10.1. The Balaban J connectivity index is 2.31. The van der Waals surface area contributed by atoms with Gasteiger partial charge in [0.05, 0.1) is 15.6 Å². The quantitative estimate of drug-likeness (QED) is 0.690. The molecule has 0 aliphatic carbocycles. The number of benzene rings is 2. The van der Waals surface area contributed by atoms with E-state index in [4.69, 9.17) is 11.6 Å². The highest BCUT2D eigenvalue weighted by atomic mass is 35.5. The van der Waals surface area contributed by atoms with Gasteiger partial charge in [0.25, 0.3) is 11.6 Å². The fraction of sp³-hybridized carbons (Fsp3) is 0.0714. The number of anilines is 1. The Hall–Kier alpha value is -2.40. The molecular weight excluding hydrogens is 280 g/mol. The molecule has 0 saturated heterocycles. The zero-order valence-electron chi connectivity index (χ0n) is 10.6. The van der Waals surface area contributed by atoms with E-state index in [1.54, 1.807) is 24.3 Å². The normalized spacial score (nSPS) is 10.1. The van der Waals surface area contributed by atoms with E-state index in [1.165, 1.54) is 18.2 Å². The first-order valence-electron chi connectivity index (χ1n) is 5.80. The van der Waals surface area contributed by atoms with Crippen molar-refractivity contribution >= 4 is 28.9 Å². The second kappa shape index (κ2) is 5.71. The van der Waals surface area contributed by atoms with Gasteiger partial charge in [-0.05, 0) is 30.7 Å². The van der Waals surface area contributed by atoms with Crippen LogP contribution in [0.4, 0.5) is 11.4 Å². The molecule has 0 heterocycles. The number of hydrogen-bond acceptors (Lipinski definition) is 3. The molecule has 20 heavy (non-hydrogen) atoms. The van der Waals surface area contributed by atoms with Gasteiger partial charge < -0.3 is 5.32 Å². The van der Waals surface area contributed by atoms with Crippen molar-refractivity contribution in [3.8, 4) is 0 Å².